The maximum absolute atomic E-state index is 15.1. The topological polar surface area (TPSA) is 67.4 Å². The van der Waals surface area contributed by atoms with Crippen molar-refractivity contribution in [3.8, 4) is 23.0 Å². The Morgan fingerprint density at radius 2 is 1.86 bits per heavy atom. The molecule has 1 aliphatic heterocycles. The zero-order valence-corrected chi connectivity index (χ0v) is 21.7. The Kier molecular flexibility index (Phi) is 7.55. The van der Waals surface area contributed by atoms with Gasteiger partial charge in [-0.05, 0) is 55.2 Å². The van der Waals surface area contributed by atoms with E-state index in [2.05, 4.69) is 32.0 Å². The smallest absolute Gasteiger partial charge is 0.258 e. The minimum absolute atomic E-state index is 0.0514. The number of benzene rings is 1. The van der Waals surface area contributed by atoms with Crippen LogP contribution in [0.15, 0.2) is 36.7 Å². The second-order valence-electron chi connectivity index (χ2n) is 9.94. The minimum atomic E-state index is -0.750. The average Bonchev–Trinajstić information content (AvgIpc) is 2.86. The number of nitrogens with one attached hydrogen (secondary N) is 1. The van der Waals surface area contributed by atoms with Gasteiger partial charge in [-0.3, -0.25) is 9.78 Å². The maximum atomic E-state index is 15.1. The zero-order valence-electron chi connectivity index (χ0n) is 21.7. The summed E-state index contributed by atoms with van der Waals surface area (Å²) in [6.07, 6.45) is 3.07. The first kappa shape index (κ1) is 26.2. The number of anilines is 2. The highest BCUT2D eigenvalue weighted by Gasteiger charge is 2.25. The van der Waals surface area contributed by atoms with Crippen LogP contribution in [0.1, 0.15) is 55.0 Å². The van der Waals surface area contributed by atoms with E-state index >= 15 is 4.39 Å². The van der Waals surface area contributed by atoms with Crippen LogP contribution in [-0.4, -0.2) is 42.2 Å². The number of pyridine rings is 2. The van der Waals surface area contributed by atoms with E-state index in [-0.39, 0.29) is 16.9 Å². The first-order chi connectivity index (χ1) is 17.6. The zero-order chi connectivity index (χ0) is 26.7. The van der Waals surface area contributed by atoms with E-state index in [1.54, 1.807) is 26.1 Å². The molecule has 192 valence electrons. The molecule has 1 amide bonds. The fourth-order valence-electron chi connectivity index (χ4n) is 4.27. The van der Waals surface area contributed by atoms with E-state index in [9.17, 15) is 9.18 Å². The lowest BCUT2D eigenvalue weighted by Gasteiger charge is -2.29. The standard InChI is InChI=1S/C29H30F2N4O2/c1-6-7-23-25(35-10-12-37-13-11-35)15-19(17-33-23)21-16-24(22(30)14-18(21)2)34-28(36)20-8-9-32-27(26(20)31)29(3,4)5/h8-9,14-17H,10-13H2,1-5H3,(H,34,36). The second-order valence-corrected chi connectivity index (χ2v) is 9.94. The van der Waals surface area contributed by atoms with Crippen molar-refractivity contribution in [3.05, 3.63) is 70.8 Å². The highest BCUT2D eigenvalue weighted by atomic mass is 19.1. The Morgan fingerprint density at radius 1 is 1.14 bits per heavy atom. The summed E-state index contributed by atoms with van der Waals surface area (Å²) in [6.45, 7) is 11.6. The molecule has 6 nitrogen and oxygen atoms in total. The van der Waals surface area contributed by atoms with Gasteiger partial charge in [0.1, 0.15) is 11.5 Å². The first-order valence-corrected chi connectivity index (χ1v) is 12.1. The number of amides is 1. The Morgan fingerprint density at radius 3 is 2.54 bits per heavy atom. The van der Waals surface area contributed by atoms with Crippen molar-refractivity contribution < 1.29 is 18.3 Å². The van der Waals surface area contributed by atoms with E-state index in [0.717, 1.165) is 11.3 Å². The highest BCUT2D eigenvalue weighted by Crippen LogP contribution is 2.33. The molecule has 1 fully saturated rings. The largest absolute Gasteiger partial charge is 0.378 e. The van der Waals surface area contributed by atoms with Gasteiger partial charge in [0.25, 0.3) is 5.91 Å². The quantitative estimate of drug-likeness (QED) is 0.476. The first-order valence-electron chi connectivity index (χ1n) is 12.1. The van der Waals surface area contributed by atoms with Gasteiger partial charge in [-0.15, -0.1) is 0 Å². The van der Waals surface area contributed by atoms with Crippen LogP contribution in [0.4, 0.5) is 20.2 Å². The molecule has 1 aliphatic rings. The Hall–Kier alpha value is -3.83. The number of morpholine rings is 1. The van der Waals surface area contributed by atoms with Crippen LogP contribution >= 0.6 is 0 Å². The molecule has 0 bridgehead atoms. The van der Waals surface area contributed by atoms with Crippen LogP contribution in [0.3, 0.4) is 0 Å². The molecular formula is C29H30F2N4O2. The molecule has 0 radical (unpaired) electrons. The van der Waals surface area contributed by atoms with E-state index < -0.39 is 23.0 Å². The summed E-state index contributed by atoms with van der Waals surface area (Å²) in [7, 11) is 0. The third kappa shape index (κ3) is 5.62. The molecule has 1 aromatic carbocycles. The number of carbonyl (C=O) groups excluding carboxylic acids is 1. The van der Waals surface area contributed by atoms with Crippen molar-refractivity contribution >= 4 is 17.3 Å². The molecule has 0 unspecified atom stereocenters. The van der Waals surface area contributed by atoms with Crippen LogP contribution in [0.2, 0.25) is 0 Å². The van der Waals surface area contributed by atoms with Crippen molar-refractivity contribution in [2.45, 2.75) is 40.0 Å². The molecule has 0 aliphatic carbocycles. The summed E-state index contributed by atoms with van der Waals surface area (Å²) in [5.41, 5.74) is 2.97. The molecule has 3 heterocycles. The molecule has 1 N–H and O–H groups in total. The van der Waals surface area contributed by atoms with E-state index in [1.807, 2.05) is 26.8 Å². The molecule has 4 rings (SSSR count). The summed E-state index contributed by atoms with van der Waals surface area (Å²) < 4.78 is 35.5. The van der Waals surface area contributed by atoms with Gasteiger partial charge < -0.3 is 15.0 Å². The second kappa shape index (κ2) is 10.7. The number of hydrogen-bond acceptors (Lipinski definition) is 5. The van der Waals surface area contributed by atoms with Crippen LogP contribution in [-0.2, 0) is 10.2 Å². The summed E-state index contributed by atoms with van der Waals surface area (Å²) in [4.78, 5) is 23.8. The van der Waals surface area contributed by atoms with Crippen LogP contribution < -0.4 is 10.2 Å². The summed E-state index contributed by atoms with van der Waals surface area (Å²) in [5.74, 6) is 3.87. The van der Waals surface area contributed by atoms with E-state index in [1.165, 1.54) is 18.3 Å². The van der Waals surface area contributed by atoms with Crippen molar-refractivity contribution in [1.82, 2.24) is 9.97 Å². The molecule has 0 spiro atoms. The number of ether oxygens (including phenoxy) is 1. The third-order valence-electron chi connectivity index (χ3n) is 6.18. The maximum Gasteiger partial charge on any atom is 0.258 e. The van der Waals surface area contributed by atoms with Gasteiger partial charge in [0, 0.05) is 36.5 Å². The lowest BCUT2D eigenvalue weighted by atomic mass is 9.90. The van der Waals surface area contributed by atoms with Crippen LogP contribution in [0, 0.1) is 30.4 Å². The van der Waals surface area contributed by atoms with Crippen molar-refractivity contribution in [2.75, 3.05) is 36.5 Å². The molecule has 8 heteroatoms. The van der Waals surface area contributed by atoms with Crippen molar-refractivity contribution in [1.29, 1.82) is 0 Å². The number of hydrogen-bond donors (Lipinski definition) is 1. The number of aryl methyl sites for hydroxylation is 1. The van der Waals surface area contributed by atoms with Gasteiger partial charge >= 0.3 is 0 Å². The number of carbonyl (C=O) groups is 1. The number of halogens is 2. The average molecular weight is 505 g/mol. The van der Waals surface area contributed by atoms with E-state index in [0.29, 0.717) is 43.1 Å². The molecule has 0 atom stereocenters. The molecule has 3 aromatic rings. The lowest BCUT2D eigenvalue weighted by molar-refractivity contribution is 0.102. The Labute approximate surface area is 216 Å². The molecule has 0 saturated carbocycles. The van der Waals surface area contributed by atoms with Crippen LogP contribution in [0.5, 0.6) is 0 Å². The number of aromatic nitrogens is 2. The van der Waals surface area contributed by atoms with Crippen molar-refractivity contribution in [2.24, 2.45) is 0 Å². The monoisotopic (exact) mass is 504 g/mol. The highest BCUT2D eigenvalue weighted by molar-refractivity contribution is 6.05. The lowest BCUT2D eigenvalue weighted by Crippen LogP contribution is -2.36. The molecular weight excluding hydrogens is 474 g/mol. The van der Waals surface area contributed by atoms with Gasteiger partial charge in [-0.1, -0.05) is 26.7 Å². The molecule has 1 saturated heterocycles. The van der Waals surface area contributed by atoms with Gasteiger partial charge in [0.05, 0.1) is 35.8 Å². The van der Waals surface area contributed by atoms with Crippen molar-refractivity contribution in [3.63, 3.8) is 0 Å². The predicted molar refractivity (Wildman–Crippen MR) is 141 cm³/mol. The van der Waals surface area contributed by atoms with Gasteiger partial charge in [-0.25, -0.2) is 13.8 Å². The Balaban J connectivity index is 1.71. The minimum Gasteiger partial charge on any atom is -0.378 e. The predicted octanol–water partition coefficient (Wildman–Crippen LogP) is 5.49. The van der Waals surface area contributed by atoms with Crippen LogP contribution in [0.25, 0.3) is 11.1 Å². The normalized spacial score (nSPS) is 13.6. The summed E-state index contributed by atoms with van der Waals surface area (Å²) in [6, 6.07) is 6.17. The molecule has 2 aromatic heterocycles. The number of nitrogens with zero attached hydrogens (tertiary/aromatic N) is 3. The summed E-state index contributed by atoms with van der Waals surface area (Å²) in [5, 5.41) is 2.54. The third-order valence-corrected chi connectivity index (χ3v) is 6.18. The van der Waals surface area contributed by atoms with Gasteiger partial charge in [0.2, 0.25) is 0 Å². The summed E-state index contributed by atoms with van der Waals surface area (Å²) >= 11 is 0. The van der Waals surface area contributed by atoms with Gasteiger partial charge in [-0.2, -0.15) is 0 Å². The Bertz CT molecular complexity index is 1400. The fraction of sp³-hybridized carbons (Fsp3) is 0.345. The fourth-order valence-corrected chi connectivity index (χ4v) is 4.27. The molecule has 37 heavy (non-hydrogen) atoms. The number of rotatable bonds is 4. The SMILES string of the molecule is CC#Cc1ncc(-c2cc(NC(=O)c3ccnc(C(C)(C)C)c3F)c(F)cc2C)cc1N1CCOCC1. The van der Waals surface area contributed by atoms with E-state index in [4.69, 9.17) is 4.74 Å². The van der Waals surface area contributed by atoms with Gasteiger partial charge in [0.15, 0.2) is 5.82 Å².